The van der Waals surface area contributed by atoms with E-state index in [0.717, 1.165) is 34.3 Å². The van der Waals surface area contributed by atoms with E-state index in [1.54, 1.807) is 0 Å². The largest absolute Gasteiger partial charge is 0.416 e. The molecule has 2 aromatic rings. The Bertz CT molecular complexity index is 1620. The van der Waals surface area contributed by atoms with Gasteiger partial charge in [-0.25, -0.2) is 27.8 Å². The van der Waals surface area contributed by atoms with Gasteiger partial charge in [0.15, 0.2) is 9.84 Å². The number of amides is 4. The third kappa shape index (κ3) is 5.11. The number of hydrogen-bond donors (Lipinski definition) is 1. The Morgan fingerprint density at radius 2 is 1.93 bits per heavy atom. The Morgan fingerprint density at radius 1 is 1.23 bits per heavy atom. The van der Waals surface area contributed by atoms with Crippen LogP contribution in [0.2, 0.25) is 0 Å². The SMILES string of the molecule is [C-]#[N+]C1=C(C)N(c2cccc(C(F)(F)F)c2)C(=O)N(C(=O)N2CCC(O)C2)[C@@H]1c1ccc(C#N)cc1S(C)(=O)=O. The fourth-order valence-corrected chi connectivity index (χ4v) is 5.71. The van der Waals surface area contributed by atoms with Crippen LogP contribution >= 0.6 is 0 Å². The molecule has 2 aliphatic rings. The summed E-state index contributed by atoms with van der Waals surface area (Å²) in [7, 11) is -4.06. The second-order valence-corrected chi connectivity index (χ2v) is 11.3. The summed E-state index contributed by atoms with van der Waals surface area (Å²) in [4.78, 5) is 33.5. The van der Waals surface area contributed by atoms with Gasteiger partial charge in [-0.3, -0.25) is 4.90 Å². The molecular weight excluding hydrogens is 551 g/mol. The van der Waals surface area contributed by atoms with Crippen molar-refractivity contribution in [2.24, 2.45) is 0 Å². The number of aliphatic hydroxyl groups excluding tert-OH is 1. The first kappa shape index (κ1) is 28.6. The van der Waals surface area contributed by atoms with Crippen molar-refractivity contribution < 1.29 is 36.3 Å². The number of carbonyl (C=O) groups is 2. The summed E-state index contributed by atoms with van der Waals surface area (Å²) in [6.45, 7) is 9.10. The first-order valence-corrected chi connectivity index (χ1v) is 13.7. The summed E-state index contributed by atoms with van der Waals surface area (Å²) in [6.07, 6.45) is -4.57. The number of imide groups is 1. The van der Waals surface area contributed by atoms with Gasteiger partial charge in [0, 0.05) is 30.7 Å². The average molecular weight is 574 g/mol. The predicted octanol–water partition coefficient (Wildman–Crippen LogP) is 4.30. The second-order valence-electron chi connectivity index (χ2n) is 9.33. The molecule has 0 spiro atoms. The standard InChI is InChI=1S/C26H22F3N5O5S/c1-15-22(31-2)23(20-8-7-16(13-30)11-21(20)40(3,38)39)34(24(36)32-10-9-19(35)14-32)25(37)33(15)18-6-4-5-17(12-18)26(27,28)29/h4-8,11-12,19,23,35H,9-10,14H2,1,3H3/t19?,23-/m1/s1. The van der Waals surface area contributed by atoms with Gasteiger partial charge in [0.2, 0.25) is 5.70 Å². The lowest BCUT2D eigenvalue weighted by Crippen LogP contribution is -2.55. The number of carbonyl (C=O) groups excluding carboxylic acids is 2. The number of nitrogens with zero attached hydrogens (tertiary/aromatic N) is 5. The molecule has 2 atom stereocenters. The zero-order valence-electron chi connectivity index (χ0n) is 21.2. The van der Waals surface area contributed by atoms with Crippen LogP contribution in [-0.4, -0.2) is 60.8 Å². The summed E-state index contributed by atoms with van der Waals surface area (Å²) in [6, 6.07) is 5.50. The first-order valence-electron chi connectivity index (χ1n) is 11.8. The lowest BCUT2D eigenvalue weighted by Gasteiger charge is -2.42. The molecule has 40 heavy (non-hydrogen) atoms. The van der Waals surface area contributed by atoms with Gasteiger partial charge in [-0.2, -0.15) is 18.4 Å². The monoisotopic (exact) mass is 573 g/mol. The number of alkyl halides is 3. The van der Waals surface area contributed by atoms with Crippen LogP contribution < -0.4 is 4.90 Å². The van der Waals surface area contributed by atoms with Gasteiger partial charge in [-0.15, -0.1) is 0 Å². The number of allylic oxidation sites excluding steroid dienone is 1. The molecule has 208 valence electrons. The maximum atomic E-state index is 14.0. The van der Waals surface area contributed by atoms with E-state index in [9.17, 15) is 41.5 Å². The molecule has 0 aliphatic carbocycles. The number of rotatable bonds is 3. The highest BCUT2D eigenvalue weighted by molar-refractivity contribution is 7.90. The van der Waals surface area contributed by atoms with Crippen molar-refractivity contribution >= 4 is 27.6 Å². The Labute approximate surface area is 227 Å². The van der Waals surface area contributed by atoms with Crippen molar-refractivity contribution in [3.8, 4) is 6.07 Å². The van der Waals surface area contributed by atoms with Crippen LogP contribution in [0, 0.1) is 17.9 Å². The lowest BCUT2D eigenvalue weighted by atomic mass is 9.97. The van der Waals surface area contributed by atoms with Gasteiger partial charge in [0.25, 0.3) is 0 Å². The van der Waals surface area contributed by atoms with E-state index in [2.05, 4.69) is 4.85 Å². The maximum Gasteiger partial charge on any atom is 0.416 e. The van der Waals surface area contributed by atoms with E-state index in [0.29, 0.717) is 11.0 Å². The quantitative estimate of drug-likeness (QED) is 0.546. The highest BCUT2D eigenvalue weighted by Crippen LogP contribution is 2.43. The number of anilines is 1. The van der Waals surface area contributed by atoms with Gasteiger partial charge >= 0.3 is 18.2 Å². The third-order valence-corrected chi connectivity index (χ3v) is 7.80. The van der Waals surface area contributed by atoms with Crippen LogP contribution in [0.3, 0.4) is 0 Å². The zero-order chi connectivity index (χ0) is 29.6. The molecule has 1 fully saturated rings. The lowest BCUT2D eigenvalue weighted by molar-refractivity contribution is -0.137. The number of urea groups is 2. The van der Waals surface area contributed by atoms with E-state index in [1.165, 1.54) is 25.1 Å². The molecule has 2 aromatic carbocycles. The summed E-state index contributed by atoms with van der Waals surface area (Å²) >= 11 is 0. The fourth-order valence-electron chi connectivity index (χ4n) is 4.76. The van der Waals surface area contributed by atoms with Crippen LogP contribution in [0.25, 0.3) is 4.85 Å². The summed E-state index contributed by atoms with van der Waals surface area (Å²) < 4.78 is 66.0. The average Bonchev–Trinajstić information content (AvgIpc) is 3.33. The zero-order valence-corrected chi connectivity index (χ0v) is 22.0. The Hall–Kier alpha value is -4.40. The fraction of sp³-hybridized carbons (Fsp3) is 0.308. The van der Waals surface area contributed by atoms with Crippen LogP contribution in [0.1, 0.15) is 36.1 Å². The maximum absolute atomic E-state index is 14.0. The third-order valence-electron chi connectivity index (χ3n) is 6.65. The number of nitriles is 1. The highest BCUT2D eigenvalue weighted by Gasteiger charge is 2.47. The smallest absolute Gasteiger partial charge is 0.391 e. The molecule has 0 saturated carbocycles. The minimum Gasteiger partial charge on any atom is -0.391 e. The Balaban J connectivity index is 2.01. The van der Waals surface area contributed by atoms with Crippen LogP contribution in [-0.2, 0) is 16.0 Å². The number of likely N-dealkylation sites (tertiary alicyclic amines) is 1. The molecule has 0 radical (unpaired) electrons. The van der Waals surface area contributed by atoms with Crippen LogP contribution in [0.5, 0.6) is 0 Å². The summed E-state index contributed by atoms with van der Waals surface area (Å²) in [5, 5.41) is 19.3. The minimum atomic E-state index is -4.74. The van der Waals surface area contributed by atoms with Crippen molar-refractivity contribution in [2.75, 3.05) is 24.2 Å². The van der Waals surface area contributed by atoms with E-state index in [1.807, 2.05) is 6.07 Å². The number of hydrogen-bond acceptors (Lipinski definition) is 6. The Morgan fingerprint density at radius 3 is 2.48 bits per heavy atom. The molecule has 4 amide bonds. The number of benzene rings is 2. The molecular formula is C26H22F3N5O5S. The summed E-state index contributed by atoms with van der Waals surface area (Å²) in [5.74, 6) is 0. The molecule has 0 bridgehead atoms. The van der Waals surface area contributed by atoms with Crippen molar-refractivity contribution in [3.05, 3.63) is 82.0 Å². The van der Waals surface area contributed by atoms with Gasteiger partial charge in [-0.1, -0.05) is 12.1 Å². The molecule has 14 heteroatoms. The van der Waals surface area contributed by atoms with Crippen molar-refractivity contribution in [2.45, 2.75) is 36.6 Å². The molecule has 10 nitrogen and oxygen atoms in total. The summed E-state index contributed by atoms with van der Waals surface area (Å²) in [5.41, 5.74) is -1.90. The van der Waals surface area contributed by atoms with Crippen molar-refractivity contribution in [1.82, 2.24) is 9.80 Å². The molecule has 2 heterocycles. The number of halogens is 3. The van der Waals surface area contributed by atoms with Crippen LogP contribution in [0.15, 0.2) is 58.8 Å². The highest BCUT2D eigenvalue weighted by atomic mass is 32.2. The molecule has 1 N–H and O–H groups in total. The van der Waals surface area contributed by atoms with Gasteiger partial charge < -0.3 is 10.0 Å². The van der Waals surface area contributed by atoms with Crippen molar-refractivity contribution in [1.29, 1.82) is 5.26 Å². The van der Waals surface area contributed by atoms with E-state index in [4.69, 9.17) is 6.57 Å². The predicted molar refractivity (Wildman–Crippen MR) is 135 cm³/mol. The van der Waals surface area contributed by atoms with E-state index in [-0.39, 0.29) is 47.7 Å². The van der Waals surface area contributed by atoms with Crippen LogP contribution in [0.4, 0.5) is 28.4 Å². The van der Waals surface area contributed by atoms with Gasteiger partial charge in [0.1, 0.15) is 6.04 Å². The number of sulfone groups is 1. The minimum absolute atomic E-state index is 0.0255. The number of β-amino-alcohol motifs (C(OH)–C–C–N with tert-alkyl or cyclic N) is 1. The van der Waals surface area contributed by atoms with Gasteiger partial charge in [0.05, 0.1) is 34.8 Å². The topological polar surface area (TPSA) is 126 Å². The van der Waals surface area contributed by atoms with E-state index >= 15 is 0 Å². The second kappa shape index (κ2) is 10.3. The van der Waals surface area contributed by atoms with E-state index < -0.39 is 50.7 Å². The normalized spacial score (nSPS) is 20.0. The molecule has 0 aromatic heterocycles. The number of aliphatic hydroxyl groups is 1. The molecule has 4 rings (SSSR count). The van der Waals surface area contributed by atoms with Gasteiger partial charge in [-0.05, 0) is 49.2 Å². The molecule has 1 unspecified atom stereocenters. The molecule has 1 saturated heterocycles. The first-order chi connectivity index (χ1) is 18.7. The molecule has 2 aliphatic heterocycles. The van der Waals surface area contributed by atoms with Crippen molar-refractivity contribution in [3.63, 3.8) is 0 Å². The Kier molecular flexibility index (Phi) is 7.36.